The first-order valence-electron chi connectivity index (χ1n) is 8.43. The summed E-state index contributed by atoms with van der Waals surface area (Å²) in [6.07, 6.45) is -0.416. The van der Waals surface area contributed by atoms with Gasteiger partial charge in [-0.05, 0) is 33.1 Å². The number of amides is 3. The number of aliphatic carboxylic acids is 1. The lowest BCUT2D eigenvalue weighted by atomic mass is 10.0. The van der Waals surface area contributed by atoms with E-state index in [0.717, 1.165) is 9.80 Å². The summed E-state index contributed by atoms with van der Waals surface area (Å²) in [6.45, 7) is 8.23. The first-order valence-corrected chi connectivity index (χ1v) is 8.43. The molecule has 0 heterocycles. The molecule has 9 heteroatoms. The number of likely N-dealkylation sites (N-methyl/N-ethyl adjacent to an activating group) is 2. The molecule has 0 rings (SSSR count). The van der Waals surface area contributed by atoms with Crippen molar-refractivity contribution < 1.29 is 29.0 Å². The lowest BCUT2D eigenvalue weighted by Crippen LogP contribution is -2.49. The Morgan fingerprint density at radius 3 is 2.04 bits per heavy atom. The number of carboxylic acid groups (broad SMARTS) is 1. The van der Waals surface area contributed by atoms with Gasteiger partial charge in [0.1, 0.15) is 18.2 Å². The fraction of sp³-hybridized carbons (Fsp3) is 0.765. The van der Waals surface area contributed by atoms with E-state index in [0.29, 0.717) is 6.42 Å². The molecule has 0 aliphatic carbocycles. The molecule has 0 unspecified atom stereocenters. The highest BCUT2D eigenvalue weighted by atomic mass is 16.6. The third kappa shape index (κ3) is 9.24. The molecule has 0 aliphatic rings. The number of nitrogens with one attached hydrogen (secondary N) is 1. The predicted octanol–water partition coefficient (Wildman–Crippen LogP) is 0.927. The van der Waals surface area contributed by atoms with Crippen LogP contribution in [-0.4, -0.2) is 77.6 Å². The molecule has 2 N–H and O–H groups in total. The number of carbonyl (C=O) groups excluding carboxylic acids is 3. The number of carbonyl (C=O) groups is 4. The summed E-state index contributed by atoms with van der Waals surface area (Å²) < 4.78 is 5.02. The Bertz CT molecular complexity index is 527. The Labute approximate surface area is 154 Å². The number of carboxylic acids is 1. The molecular weight excluding hydrogens is 342 g/mol. The molecule has 9 nitrogen and oxygen atoms in total. The van der Waals surface area contributed by atoms with E-state index in [4.69, 9.17) is 4.74 Å². The molecule has 150 valence electrons. The van der Waals surface area contributed by atoms with Crippen molar-refractivity contribution in [3.8, 4) is 0 Å². The Hall–Kier alpha value is -2.32. The lowest BCUT2D eigenvalue weighted by molar-refractivity contribution is -0.150. The summed E-state index contributed by atoms with van der Waals surface area (Å²) in [5.74, 6) is -1.97. The Kier molecular flexibility index (Phi) is 9.09. The minimum absolute atomic E-state index is 0.101. The van der Waals surface area contributed by atoms with E-state index in [2.05, 4.69) is 5.32 Å². The SMILES string of the molecule is CC(C)C[C@@H](C(=O)O)N(C)C(=O)CN(C)C(=O)CNC(=O)OC(C)(C)C. The van der Waals surface area contributed by atoms with E-state index in [9.17, 15) is 24.3 Å². The standard InChI is InChI=1S/C17H31N3O6/c1-11(2)8-12(15(23)24)20(7)14(22)10-19(6)13(21)9-18-16(25)26-17(3,4)5/h11-12H,8-10H2,1-7H3,(H,18,25)(H,23,24)/t12-/m0/s1. The normalized spacial score (nSPS) is 12.3. The molecule has 1 atom stereocenters. The summed E-state index contributed by atoms with van der Waals surface area (Å²) in [4.78, 5) is 49.4. The van der Waals surface area contributed by atoms with Gasteiger partial charge in [0.25, 0.3) is 0 Å². The zero-order valence-electron chi connectivity index (χ0n) is 16.7. The third-order valence-electron chi connectivity index (χ3n) is 3.42. The van der Waals surface area contributed by atoms with Crippen molar-refractivity contribution in [1.29, 1.82) is 0 Å². The summed E-state index contributed by atoms with van der Waals surface area (Å²) in [6, 6.07) is -0.953. The molecule has 0 aliphatic heterocycles. The monoisotopic (exact) mass is 373 g/mol. The van der Waals surface area contributed by atoms with Crippen LogP contribution in [0.4, 0.5) is 4.79 Å². The first kappa shape index (κ1) is 23.7. The summed E-state index contributed by atoms with van der Waals surface area (Å²) in [5, 5.41) is 11.6. The van der Waals surface area contributed by atoms with Crippen molar-refractivity contribution >= 4 is 23.9 Å². The second kappa shape index (κ2) is 9.98. The lowest BCUT2D eigenvalue weighted by Gasteiger charge is -2.28. The van der Waals surface area contributed by atoms with E-state index < -0.39 is 35.5 Å². The third-order valence-corrected chi connectivity index (χ3v) is 3.42. The molecule has 0 spiro atoms. The van der Waals surface area contributed by atoms with Crippen molar-refractivity contribution in [2.24, 2.45) is 5.92 Å². The second-order valence-electron chi connectivity index (χ2n) is 7.59. The summed E-state index contributed by atoms with van der Waals surface area (Å²) >= 11 is 0. The van der Waals surface area contributed by atoms with Crippen LogP contribution in [0.25, 0.3) is 0 Å². The molecule has 0 aromatic rings. The van der Waals surface area contributed by atoms with Crippen LogP contribution in [0.5, 0.6) is 0 Å². The largest absolute Gasteiger partial charge is 0.480 e. The van der Waals surface area contributed by atoms with E-state index in [1.165, 1.54) is 14.1 Å². The molecule has 0 aromatic heterocycles. The van der Waals surface area contributed by atoms with Gasteiger partial charge in [-0.25, -0.2) is 9.59 Å². The van der Waals surface area contributed by atoms with Gasteiger partial charge in [-0.1, -0.05) is 13.8 Å². The average molecular weight is 373 g/mol. The van der Waals surface area contributed by atoms with Gasteiger partial charge in [-0.2, -0.15) is 0 Å². The minimum Gasteiger partial charge on any atom is -0.480 e. The number of hydrogen-bond acceptors (Lipinski definition) is 5. The maximum Gasteiger partial charge on any atom is 0.408 e. The van der Waals surface area contributed by atoms with Crippen LogP contribution in [-0.2, 0) is 19.1 Å². The molecule has 0 saturated carbocycles. The van der Waals surface area contributed by atoms with Crippen LogP contribution < -0.4 is 5.32 Å². The van der Waals surface area contributed by atoms with E-state index in [1.807, 2.05) is 13.8 Å². The topological polar surface area (TPSA) is 116 Å². The van der Waals surface area contributed by atoms with E-state index >= 15 is 0 Å². The van der Waals surface area contributed by atoms with Gasteiger partial charge in [0.05, 0.1) is 6.54 Å². The number of rotatable bonds is 8. The molecule has 0 fully saturated rings. The van der Waals surface area contributed by atoms with Crippen LogP contribution in [0.15, 0.2) is 0 Å². The molecular formula is C17H31N3O6. The van der Waals surface area contributed by atoms with Crippen LogP contribution in [0.3, 0.4) is 0 Å². The number of hydrogen-bond donors (Lipinski definition) is 2. The molecule has 0 aromatic carbocycles. The predicted molar refractivity (Wildman–Crippen MR) is 95.5 cm³/mol. The van der Waals surface area contributed by atoms with Gasteiger partial charge in [0, 0.05) is 14.1 Å². The van der Waals surface area contributed by atoms with Gasteiger partial charge < -0.3 is 25.0 Å². The second-order valence-corrected chi connectivity index (χ2v) is 7.59. The maximum atomic E-state index is 12.3. The molecule has 0 bridgehead atoms. The summed E-state index contributed by atoms with van der Waals surface area (Å²) in [7, 11) is 2.81. The van der Waals surface area contributed by atoms with Gasteiger partial charge in [0.2, 0.25) is 11.8 Å². The van der Waals surface area contributed by atoms with Crippen LogP contribution in [0.2, 0.25) is 0 Å². The quantitative estimate of drug-likeness (QED) is 0.654. The zero-order chi connectivity index (χ0) is 20.7. The Morgan fingerprint density at radius 1 is 1.08 bits per heavy atom. The van der Waals surface area contributed by atoms with Gasteiger partial charge in [-0.15, -0.1) is 0 Å². The first-order chi connectivity index (χ1) is 11.7. The van der Waals surface area contributed by atoms with Crippen molar-refractivity contribution in [3.05, 3.63) is 0 Å². The minimum atomic E-state index is -1.09. The maximum absolute atomic E-state index is 12.3. The fourth-order valence-electron chi connectivity index (χ4n) is 2.04. The molecule has 0 radical (unpaired) electrons. The van der Waals surface area contributed by atoms with E-state index in [1.54, 1.807) is 20.8 Å². The zero-order valence-corrected chi connectivity index (χ0v) is 16.7. The van der Waals surface area contributed by atoms with Crippen LogP contribution in [0, 0.1) is 5.92 Å². The number of nitrogens with zero attached hydrogens (tertiary/aromatic N) is 2. The number of ether oxygens (including phenoxy) is 1. The Morgan fingerprint density at radius 2 is 1.62 bits per heavy atom. The molecule has 0 saturated heterocycles. The fourth-order valence-corrected chi connectivity index (χ4v) is 2.04. The van der Waals surface area contributed by atoms with Crippen molar-refractivity contribution in [2.45, 2.75) is 52.7 Å². The van der Waals surface area contributed by atoms with Gasteiger partial charge in [0.15, 0.2) is 0 Å². The molecule has 26 heavy (non-hydrogen) atoms. The Balaban J connectivity index is 4.61. The highest BCUT2D eigenvalue weighted by Gasteiger charge is 2.28. The highest BCUT2D eigenvalue weighted by Crippen LogP contribution is 2.11. The van der Waals surface area contributed by atoms with Gasteiger partial charge >= 0.3 is 12.1 Å². The smallest absolute Gasteiger partial charge is 0.408 e. The summed E-state index contributed by atoms with van der Waals surface area (Å²) in [5.41, 5.74) is -0.681. The average Bonchev–Trinajstić information content (AvgIpc) is 2.47. The van der Waals surface area contributed by atoms with E-state index in [-0.39, 0.29) is 19.0 Å². The molecule has 3 amide bonds. The highest BCUT2D eigenvalue weighted by molar-refractivity contribution is 5.89. The van der Waals surface area contributed by atoms with Crippen LogP contribution >= 0.6 is 0 Å². The van der Waals surface area contributed by atoms with Crippen molar-refractivity contribution in [3.63, 3.8) is 0 Å². The van der Waals surface area contributed by atoms with Crippen molar-refractivity contribution in [2.75, 3.05) is 27.2 Å². The van der Waals surface area contributed by atoms with Crippen molar-refractivity contribution in [1.82, 2.24) is 15.1 Å². The number of alkyl carbamates (subject to hydrolysis) is 1. The van der Waals surface area contributed by atoms with Crippen LogP contribution in [0.1, 0.15) is 41.0 Å². The van der Waals surface area contributed by atoms with Gasteiger partial charge in [-0.3, -0.25) is 9.59 Å².